The summed E-state index contributed by atoms with van der Waals surface area (Å²) in [7, 11) is -0.857. The lowest BCUT2D eigenvalue weighted by atomic mass is 10.3. The molecule has 2 N–H and O–H groups in total. The summed E-state index contributed by atoms with van der Waals surface area (Å²) in [6.45, 7) is 1.06. The van der Waals surface area contributed by atoms with Gasteiger partial charge in [-0.1, -0.05) is 0 Å². The molecule has 0 radical (unpaired) electrons. The molecule has 0 aromatic carbocycles. The molecule has 2 unspecified atom stereocenters. The molecule has 0 saturated heterocycles. The fourth-order valence-corrected chi connectivity index (χ4v) is 1.74. The van der Waals surface area contributed by atoms with Crippen LogP contribution in [0.15, 0.2) is 12.4 Å². The number of rotatable bonds is 8. The summed E-state index contributed by atoms with van der Waals surface area (Å²) in [6.07, 6.45) is 3.32. The van der Waals surface area contributed by atoms with E-state index in [4.69, 9.17) is 0 Å². The molecule has 1 heterocycles. The van der Waals surface area contributed by atoms with E-state index in [0.29, 0.717) is 18.8 Å². The molecule has 0 aliphatic carbocycles. The summed E-state index contributed by atoms with van der Waals surface area (Å²) in [4.78, 5) is 9.89. The molecule has 0 aliphatic heterocycles. The minimum absolute atomic E-state index is 0.100. The number of aliphatic hydroxyl groups excluding tert-OH is 1. The van der Waals surface area contributed by atoms with Gasteiger partial charge in [0, 0.05) is 35.9 Å². The molecule has 8 nitrogen and oxygen atoms in total. The number of hydrogen-bond donors (Lipinski definition) is 2. The minimum atomic E-state index is -0.857. The molecular weight excluding hydrogens is 260 g/mol. The second-order valence-electron chi connectivity index (χ2n) is 3.81. The van der Waals surface area contributed by atoms with Crippen molar-refractivity contribution in [3.05, 3.63) is 22.5 Å². The molecule has 0 amide bonds. The Morgan fingerprint density at radius 1 is 1.72 bits per heavy atom. The molecular formula is C9H16N4O4S. The van der Waals surface area contributed by atoms with Gasteiger partial charge in [0.15, 0.2) is 0 Å². The van der Waals surface area contributed by atoms with Gasteiger partial charge in [0.2, 0.25) is 0 Å². The summed E-state index contributed by atoms with van der Waals surface area (Å²) < 4.78 is 12.1. The lowest BCUT2D eigenvalue weighted by Gasteiger charge is -2.11. The monoisotopic (exact) mass is 276 g/mol. The van der Waals surface area contributed by atoms with Crippen LogP contribution in [0.3, 0.4) is 0 Å². The van der Waals surface area contributed by atoms with Gasteiger partial charge in [-0.15, -0.1) is 0 Å². The van der Waals surface area contributed by atoms with Gasteiger partial charge in [-0.3, -0.25) is 19.0 Å². The number of nitro groups is 1. The highest BCUT2D eigenvalue weighted by Crippen LogP contribution is 2.07. The smallest absolute Gasteiger partial charge is 0.306 e. The largest absolute Gasteiger partial charge is 0.390 e. The molecule has 1 aromatic heterocycles. The van der Waals surface area contributed by atoms with Crippen molar-refractivity contribution in [3.8, 4) is 0 Å². The first kappa shape index (κ1) is 14.7. The van der Waals surface area contributed by atoms with E-state index >= 15 is 0 Å². The van der Waals surface area contributed by atoms with Crippen LogP contribution in [0.25, 0.3) is 0 Å². The number of nitrogens with zero attached hydrogens (tertiary/aromatic N) is 3. The zero-order valence-corrected chi connectivity index (χ0v) is 10.8. The van der Waals surface area contributed by atoms with Gasteiger partial charge in [-0.25, -0.2) is 0 Å². The van der Waals surface area contributed by atoms with Gasteiger partial charge in [0.05, 0.1) is 17.6 Å². The highest BCUT2D eigenvalue weighted by atomic mass is 32.2. The fourth-order valence-electron chi connectivity index (χ4n) is 1.31. The molecule has 102 valence electrons. The molecule has 0 bridgehead atoms. The Kier molecular flexibility index (Phi) is 5.89. The maximum Gasteiger partial charge on any atom is 0.306 e. The van der Waals surface area contributed by atoms with E-state index in [2.05, 4.69) is 10.4 Å². The van der Waals surface area contributed by atoms with Crippen molar-refractivity contribution in [1.82, 2.24) is 15.1 Å². The number of hydrogen-bond acceptors (Lipinski definition) is 6. The van der Waals surface area contributed by atoms with E-state index in [-0.39, 0.29) is 12.2 Å². The summed E-state index contributed by atoms with van der Waals surface area (Å²) in [5, 5.41) is 26.8. The lowest BCUT2D eigenvalue weighted by molar-refractivity contribution is -0.385. The average Bonchev–Trinajstić information content (AvgIpc) is 2.72. The van der Waals surface area contributed by atoms with Crippen molar-refractivity contribution >= 4 is 16.5 Å². The third kappa shape index (κ3) is 5.34. The summed E-state index contributed by atoms with van der Waals surface area (Å²) in [5.41, 5.74) is -0.100. The Morgan fingerprint density at radius 3 is 3.00 bits per heavy atom. The molecule has 0 aliphatic rings. The van der Waals surface area contributed by atoms with Crippen molar-refractivity contribution in [2.75, 3.05) is 25.1 Å². The maximum atomic E-state index is 10.8. The lowest BCUT2D eigenvalue weighted by Crippen LogP contribution is -2.32. The third-order valence-corrected chi connectivity index (χ3v) is 2.95. The minimum Gasteiger partial charge on any atom is -0.390 e. The van der Waals surface area contributed by atoms with Crippen molar-refractivity contribution in [3.63, 3.8) is 0 Å². The standard InChI is InChI=1S/C9H16N4O4S/c1-18(17)3-2-10-5-9(14)7-12-6-8(4-11-12)13(15)16/h4,6,9-10,14H,2-3,5,7H2,1H3. The van der Waals surface area contributed by atoms with Crippen LogP contribution in [0.1, 0.15) is 0 Å². The van der Waals surface area contributed by atoms with Gasteiger partial charge in [-0.05, 0) is 0 Å². The van der Waals surface area contributed by atoms with E-state index in [1.807, 2.05) is 0 Å². The third-order valence-electron chi connectivity index (χ3n) is 2.17. The zero-order valence-electron chi connectivity index (χ0n) is 9.98. The molecule has 0 fully saturated rings. The first-order chi connectivity index (χ1) is 8.49. The van der Waals surface area contributed by atoms with Crippen molar-refractivity contribution < 1.29 is 14.2 Å². The summed E-state index contributed by atoms with van der Waals surface area (Å²) >= 11 is 0. The van der Waals surface area contributed by atoms with Gasteiger partial charge < -0.3 is 10.4 Å². The highest BCUT2D eigenvalue weighted by molar-refractivity contribution is 7.84. The maximum absolute atomic E-state index is 10.8. The second-order valence-corrected chi connectivity index (χ2v) is 5.37. The normalized spacial score (nSPS) is 14.3. The van der Waals surface area contributed by atoms with Crippen molar-refractivity contribution in [2.24, 2.45) is 0 Å². The van der Waals surface area contributed by atoms with Crippen LogP contribution in [0, 0.1) is 10.1 Å². The predicted molar refractivity (Wildman–Crippen MR) is 66.7 cm³/mol. The first-order valence-electron chi connectivity index (χ1n) is 5.34. The van der Waals surface area contributed by atoms with Crippen LogP contribution in [0.4, 0.5) is 5.69 Å². The number of aliphatic hydroxyl groups is 1. The zero-order chi connectivity index (χ0) is 13.5. The van der Waals surface area contributed by atoms with Gasteiger partial charge in [-0.2, -0.15) is 5.10 Å². The Labute approximate surface area is 107 Å². The van der Waals surface area contributed by atoms with Crippen LogP contribution in [-0.2, 0) is 17.3 Å². The summed E-state index contributed by atoms with van der Waals surface area (Å²) in [6, 6.07) is 0. The Balaban J connectivity index is 2.28. The topological polar surface area (TPSA) is 110 Å². The molecule has 0 spiro atoms. The SMILES string of the molecule is CS(=O)CCNCC(O)Cn1cc([N+](=O)[O-])cn1. The first-order valence-corrected chi connectivity index (χ1v) is 7.07. The van der Waals surface area contributed by atoms with Gasteiger partial charge in [0.25, 0.3) is 0 Å². The van der Waals surface area contributed by atoms with E-state index in [0.717, 1.165) is 6.20 Å². The molecule has 9 heteroatoms. The number of nitrogens with one attached hydrogen (secondary N) is 1. The quantitative estimate of drug-likeness (QED) is 0.362. The van der Waals surface area contributed by atoms with Crippen LogP contribution >= 0.6 is 0 Å². The second kappa shape index (κ2) is 7.19. The Bertz CT molecular complexity index is 422. The predicted octanol–water partition coefficient (Wildman–Crippen LogP) is -0.880. The van der Waals surface area contributed by atoms with Crippen LogP contribution in [0.5, 0.6) is 0 Å². The van der Waals surface area contributed by atoms with E-state index in [1.165, 1.54) is 10.9 Å². The average molecular weight is 276 g/mol. The van der Waals surface area contributed by atoms with Crippen molar-refractivity contribution in [2.45, 2.75) is 12.6 Å². The summed E-state index contributed by atoms with van der Waals surface area (Å²) in [5.74, 6) is 0.528. The van der Waals surface area contributed by atoms with Crippen molar-refractivity contribution in [1.29, 1.82) is 0 Å². The molecule has 2 atom stereocenters. The molecule has 1 rings (SSSR count). The fraction of sp³-hybridized carbons (Fsp3) is 0.667. The van der Waals surface area contributed by atoms with Crippen LogP contribution < -0.4 is 5.32 Å². The highest BCUT2D eigenvalue weighted by Gasteiger charge is 2.11. The van der Waals surface area contributed by atoms with Gasteiger partial charge in [0.1, 0.15) is 12.4 Å². The van der Waals surface area contributed by atoms with E-state index in [9.17, 15) is 19.4 Å². The van der Waals surface area contributed by atoms with E-state index in [1.54, 1.807) is 6.26 Å². The van der Waals surface area contributed by atoms with Crippen LogP contribution in [0.2, 0.25) is 0 Å². The Hall–Kier alpha value is -1.32. The molecule has 18 heavy (non-hydrogen) atoms. The molecule has 1 aromatic rings. The van der Waals surface area contributed by atoms with Crippen LogP contribution in [-0.4, -0.2) is 55.2 Å². The molecule has 0 saturated carbocycles. The van der Waals surface area contributed by atoms with Gasteiger partial charge >= 0.3 is 5.69 Å². The van der Waals surface area contributed by atoms with E-state index < -0.39 is 21.8 Å². The number of aromatic nitrogens is 2. The Morgan fingerprint density at radius 2 is 2.44 bits per heavy atom.